The number of aliphatic imine (C=N–C) groups is 1. The zero-order valence-corrected chi connectivity index (χ0v) is 7.78. The minimum Gasteiger partial charge on any atom is -0.375 e. The maximum absolute atomic E-state index is 5.25. The molecule has 1 rings (SSSR count). The smallest absolute Gasteiger partial charge is 0.182 e. The Hall–Kier alpha value is -0.840. The third-order valence-corrected chi connectivity index (χ3v) is 1.81. The zero-order valence-electron chi connectivity index (χ0n) is 6.97. The summed E-state index contributed by atoms with van der Waals surface area (Å²) in [6, 6.07) is 0. The van der Waals surface area contributed by atoms with Crippen LogP contribution in [0.15, 0.2) is 4.99 Å². The topological polar surface area (TPSA) is 62.4 Å². The summed E-state index contributed by atoms with van der Waals surface area (Å²) in [7, 11) is 0. The molecule has 0 saturated heterocycles. The van der Waals surface area contributed by atoms with Gasteiger partial charge in [0.05, 0.1) is 0 Å². The highest BCUT2D eigenvalue weighted by Crippen LogP contribution is 2.05. The molecule has 0 saturated carbocycles. The number of hydrogen-bond donors (Lipinski definition) is 3. The maximum atomic E-state index is 5.25. The van der Waals surface area contributed by atoms with Gasteiger partial charge in [0.25, 0.3) is 0 Å². The molecular formula is C7H14N4S. The predicted molar refractivity (Wildman–Crippen MR) is 53.8 cm³/mol. The van der Waals surface area contributed by atoms with Crippen LogP contribution in [0.1, 0.15) is 25.7 Å². The molecule has 0 bridgehead atoms. The third kappa shape index (κ3) is 3.52. The van der Waals surface area contributed by atoms with Crippen molar-refractivity contribution in [1.82, 2.24) is 10.9 Å². The van der Waals surface area contributed by atoms with Gasteiger partial charge in [0, 0.05) is 13.0 Å². The first kappa shape index (κ1) is 9.25. The fourth-order valence-electron chi connectivity index (χ4n) is 1.11. The summed E-state index contributed by atoms with van der Waals surface area (Å²) >= 11 is 4.65. The first-order chi connectivity index (χ1) is 5.79. The van der Waals surface area contributed by atoms with Crippen LogP contribution in [0.3, 0.4) is 0 Å². The fraction of sp³-hybridized carbons (Fsp3) is 0.714. The van der Waals surface area contributed by atoms with Crippen LogP contribution in [0.2, 0.25) is 0 Å². The minimum absolute atomic E-state index is 0.252. The van der Waals surface area contributed by atoms with Crippen LogP contribution < -0.4 is 16.6 Å². The Morgan fingerprint density at radius 2 is 2.25 bits per heavy atom. The van der Waals surface area contributed by atoms with E-state index in [1.807, 2.05) is 0 Å². The van der Waals surface area contributed by atoms with Gasteiger partial charge in [0.2, 0.25) is 0 Å². The summed E-state index contributed by atoms with van der Waals surface area (Å²) in [4.78, 5) is 4.32. The first-order valence-electron chi connectivity index (χ1n) is 4.14. The molecule has 0 unspecified atom stereocenters. The van der Waals surface area contributed by atoms with Gasteiger partial charge in [-0.05, 0) is 25.1 Å². The summed E-state index contributed by atoms with van der Waals surface area (Å²) in [5.41, 5.74) is 10.8. The molecule has 0 aromatic heterocycles. The van der Waals surface area contributed by atoms with Gasteiger partial charge in [-0.25, -0.2) is 0 Å². The van der Waals surface area contributed by atoms with Gasteiger partial charge in [-0.3, -0.25) is 15.8 Å². The fourth-order valence-corrected chi connectivity index (χ4v) is 1.16. The average Bonchev–Trinajstić information content (AvgIpc) is 2.28. The van der Waals surface area contributed by atoms with Crippen molar-refractivity contribution in [1.29, 1.82) is 0 Å². The summed E-state index contributed by atoms with van der Waals surface area (Å²) in [6.45, 7) is 0.904. The highest BCUT2D eigenvalue weighted by atomic mass is 32.1. The van der Waals surface area contributed by atoms with Crippen LogP contribution in [0.25, 0.3) is 0 Å². The molecule has 0 fully saturated rings. The molecule has 0 radical (unpaired) electrons. The molecule has 1 aliphatic rings. The molecule has 12 heavy (non-hydrogen) atoms. The Bertz CT molecular complexity index is 190. The number of amidine groups is 1. The van der Waals surface area contributed by atoms with Crippen LogP contribution in [0.4, 0.5) is 0 Å². The summed E-state index contributed by atoms with van der Waals surface area (Å²) < 4.78 is 0. The molecule has 0 amide bonds. The van der Waals surface area contributed by atoms with E-state index in [-0.39, 0.29) is 5.11 Å². The lowest BCUT2D eigenvalue weighted by Crippen LogP contribution is -2.44. The Morgan fingerprint density at radius 1 is 1.42 bits per heavy atom. The molecule has 0 aliphatic carbocycles. The van der Waals surface area contributed by atoms with Gasteiger partial charge in [-0.1, -0.05) is 6.42 Å². The van der Waals surface area contributed by atoms with E-state index in [4.69, 9.17) is 5.73 Å². The highest BCUT2D eigenvalue weighted by molar-refractivity contribution is 7.80. The number of thiocarbonyl (C=S) groups is 1. The number of nitrogens with two attached hydrogens (primary N) is 1. The SMILES string of the molecule is NC(=S)NNC1=NCCCCC1. The Balaban J connectivity index is 2.28. The van der Waals surface area contributed by atoms with Gasteiger partial charge < -0.3 is 5.73 Å². The molecular weight excluding hydrogens is 172 g/mol. The maximum Gasteiger partial charge on any atom is 0.182 e. The van der Waals surface area contributed by atoms with E-state index in [2.05, 4.69) is 28.1 Å². The normalized spacial score (nSPS) is 17.5. The summed E-state index contributed by atoms with van der Waals surface area (Å²) in [5.74, 6) is 0.959. The highest BCUT2D eigenvalue weighted by Gasteiger charge is 2.02. The molecule has 0 spiro atoms. The molecule has 0 aromatic carbocycles. The molecule has 4 nitrogen and oxygen atoms in total. The van der Waals surface area contributed by atoms with Gasteiger partial charge in [0.1, 0.15) is 5.84 Å². The average molecular weight is 186 g/mol. The minimum atomic E-state index is 0.252. The lowest BCUT2D eigenvalue weighted by Gasteiger charge is -2.08. The van der Waals surface area contributed by atoms with E-state index in [0.717, 1.165) is 18.8 Å². The van der Waals surface area contributed by atoms with Crippen LogP contribution in [0, 0.1) is 0 Å². The molecule has 1 aliphatic heterocycles. The largest absolute Gasteiger partial charge is 0.375 e. The standard InChI is InChI=1S/C7H14N4S/c8-7(12)11-10-6-4-2-1-3-5-9-6/h1-5H2,(H,9,10)(H3,8,11,12). The monoisotopic (exact) mass is 186 g/mol. The third-order valence-electron chi connectivity index (χ3n) is 1.70. The van der Waals surface area contributed by atoms with Crippen molar-refractivity contribution >= 4 is 23.2 Å². The quantitative estimate of drug-likeness (QED) is 0.376. The Kier molecular flexibility index (Phi) is 3.79. The van der Waals surface area contributed by atoms with Crippen molar-refractivity contribution < 1.29 is 0 Å². The van der Waals surface area contributed by atoms with Crippen LogP contribution in [0.5, 0.6) is 0 Å². The molecule has 1 heterocycles. The van der Waals surface area contributed by atoms with Gasteiger partial charge >= 0.3 is 0 Å². The van der Waals surface area contributed by atoms with Crippen molar-refractivity contribution in [3.05, 3.63) is 0 Å². The van der Waals surface area contributed by atoms with Crippen molar-refractivity contribution in [2.45, 2.75) is 25.7 Å². The number of hydrogen-bond acceptors (Lipinski definition) is 3. The van der Waals surface area contributed by atoms with E-state index < -0.39 is 0 Å². The van der Waals surface area contributed by atoms with Crippen molar-refractivity contribution in [2.75, 3.05) is 6.54 Å². The van der Waals surface area contributed by atoms with Gasteiger partial charge in [-0.2, -0.15) is 0 Å². The lowest BCUT2D eigenvalue weighted by atomic mass is 10.2. The van der Waals surface area contributed by atoms with E-state index >= 15 is 0 Å². The molecule has 0 atom stereocenters. The van der Waals surface area contributed by atoms with Gasteiger partial charge in [0.15, 0.2) is 5.11 Å². The molecule has 5 heteroatoms. The zero-order chi connectivity index (χ0) is 8.81. The lowest BCUT2D eigenvalue weighted by molar-refractivity contribution is 0.727. The number of nitrogens with zero attached hydrogens (tertiary/aromatic N) is 1. The van der Waals surface area contributed by atoms with Crippen molar-refractivity contribution in [3.8, 4) is 0 Å². The van der Waals surface area contributed by atoms with Crippen LogP contribution in [-0.2, 0) is 0 Å². The summed E-state index contributed by atoms with van der Waals surface area (Å²) in [6.07, 6.45) is 4.60. The molecule has 4 N–H and O–H groups in total. The Morgan fingerprint density at radius 3 is 3.00 bits per heavy atom. The molecule has 0 aromatic rings. The van der Waals surface area contributed by atoms with Crippen LogP contribution >= 0.6 is 12.2 Å². The van der Waals surface area contributed by atoms with Crippen LogP contribution in [-0.4, -0.2) is 17.5 Å². The number of rotatable bonds is 0. The van der Waals surface area contributed by atoms with Crippen molar-refractivity contribution in [2.24, 2.45) is 10.7 Å². The molecule has 68 valence electrons. The first-order valence-corrected chi connectivity index (χ1v) is 4.54. The van der Waals surface area contributed by atoms with Crippen molar-refractivity contribution in [3.63, 3.8) is 0 Å². The van der Waals surface area contributed by atoms with Gasteiger partial charge in [-0.15, -0.1) is 0 Å². The van der Waals surface area contributed by atoms with E-state index in [0.29, 0.717) is 0 Å². The number of nitrogens with one attached hydrogen (secondary N) is 2. The summed E-state index contributed by atoms with van der Waals surface area (Å²) in [5, 5.41) is 0.252. The second-order valence-corrected chi connectivity index (χ2v) is 3.19. The second-order valence-electron chi connectivity index (χ2n) is 2.75. The Labute approximate surface area is 77.6 Å². The van der Waals surface area contributed by atoms with E-state index in [1.165, 1.54) is 19.3 Å². The second kappa shape index (κ2) is 4.92. The van der Waals surface area contributed by atoms with E-state index in [9.17, 15) is 0 Å². The predicted octanol–water partition coefficient (Wildman–Crippen LogP) is 0.297. The number of hydrazine groups is 1. The van der Waals surface area contributed by atoms with E-state index in [1.54, 1.807) is 0 Å².